The number of likely N-dealkylation sites (N-methyl/N-ethyl adjacent to an activating group) is 1. The third-order valence-electron chi connectivity index (χ3n) is 6.80. The first-order valence-electron chi connectivity index (χ1n) is 11.4. The Balaban J connectivity index is 1.57. The van der Waals surface area contributed by atoms with E-state index in [-0.39, 0.29) is 17.4 Å². The Bertz CT molecular complexity index is 852. The first kappa shape index (κ1) is 21.6. The van der Waals surface area contributed by atoms with Gasteiger partial charge in [-0.3, -0.25) is 4.79 Å². The van der Waals surface area contributed by atoms with Crippen molar-refractivity contribution in [2.75, 3.05) is 43.4 Å². The Kier molecular flexibility index (Phi) is 5.94. The molecule has 2 fully saturated rings. The van der Waals surface area contributed by atoms with Gasteiger partial charge in [0.1, 0.15) is 11.9 Å². The molecule has 0 bridgehead atoms. The summed E-state index contributed by atoms with van der Waals surface area (Å²) in [5.74, 6) is 1.84. The second-order valence-corrected chi connectivity index (χ2v) is 9.76. The van der Waals surface area contributed by atoms with Crippen LogP contribution in [0.4, 0.5) is 16.6 Å². The highest BCUT2D eigenvalue weighted by molar-refractivity contribution is 5.84. The van der Waals surface area contributed by atoms with Gasteiger partial charge in [-0.2, -0.15) is 4.98 Å². The van der Waals surface area contributed by atoms with Crippen molar-refractivity contribution in [2.45, 2.75) is 58.4 Å². The lowest BCUT2D eigenvalue weighted by atomic mass is 9.79. The van der Waals surface area contributed by atoms with Crippen LogP contribution in [0.15, 0.2) is 0 Å². The highest BCUT2D eigenvalue weighted by Crippen LogP contribution is 2.41. The van der Waals surface area contributed by atoms with E-state index in [9.17, 15) is 14.7 Å². The van der Waals surface area contributed by atoms with Gasteiger partial charge in [-0.05, 0) is 44.4 Å². The number of carbonyl (C=O) groups excluding carboxylic acids is 1. The summed E-state index contributed by atoms with van der Waals surface area (Å²) >= 11 is 0. The molecule has 1 aromatic rings. The smallest absolute Gasteiger partial charge is 0.407 e. The van der Waals surface area contributed by atoms with Gasteiger partial charge < -0.3 is 25.5 Å². The average Bonchev–Trinajstić information content (AvgIpc) is 3.17. The molecule has 3 N–H and O–H groups in total. The van der Waals surface area contributed by atoms with Gasteiger partial charge in [0.25, 0.3) is 0 Å². The molecule has 1 aromatic heterocycles. The zero-order valence-corrected chi connectivity index (χ0v) is 18.8. The molecule has 3 heterocycles. The molecule has 1 spiro atoms. The summed E-state index contributed by atoms with van der Waals surface area (Å²) in [6.45, 7) is 7.00. The van der Waals surface area contributed by atoms with Crippen molar-refractivity contribution in [3.8, 4) is 0 Å². The van der Waals surface area contributed by atoms with Gasteiger partial charge in [-0.1, -0.05) is 13.8 Å². The molecule has 1 aliphatic carbocycles. The van der Waals surface area contributed by atoms with E-state index in [1.165, 1.54) is 4.90 Å². The van der Waals surface area contributed by atoms with Crippen LogP contribution in [0.3, 0.4) is 0 Å². The van der Waals surface area contributed by atoms with Crippen LogP contribution in [0.5, 0.6) is 0 Å². The van der Waals surface area contributed by atoms with Gasteiger partial charge >= 0.3 is 6.09 Å². The predicted molar refractivity (Wildman–Crippen MR) is 118 cm³/mol. The van der Waals surface area contributed by atoms with Crippen LogP contribution in [0.1, 0.15) is 50.8 Å². The number of anilines is 2. The second-order valence-electron chi connectivity index (χ2n) is 9.76. The van der Waals surface area contributed by atoms with Gasteiger partial charge in [0, 0.05) is 44.2 Å². The van der Waals surface area contributed by atoms with E-state index in [0.717, 1.165) is 68.7 Å². The largest absolute Gasteiger partial charge is 0.465 e. The number of aromatic nitrogens is 2. The fraction of sp³-hybridized carbons (Fsp3) is 0.727. The third-order valence-corrected chi connectivity index (χ3v) is 6.80. The minimum absolute atomic E-state index is 0.0213. The number of hydrogen-bond acceptors (Lipinski definition) is 6. The number of fused-ring (bicyclic) bond motifs is 1. The van der Waals surface area contributed by atoms with E-state index in [2.05, 4.69) is 29.4 Å². The van der Waals surface area contributed by atoms with Crippen molar-refractivity contribution < 1.29 is 14.7 Å². The molecule has 170 valence electrons. The molecule has 9 nitrogen and oxygen atoms in total. The van der Waals surface area contributed by atoms with Gasteiger partial charge in [-0.25, -0.2) is 9.78 Å². The fourth-order valence-electron chi connectivity index (χ4n) is 5.15. The van der Waals surface area contributed by atoms with E-state index in [0.29, 0.717) is 25.0 Å². The molecule has 1 unspecified atom stereocenters. The van der Waals surface area contributed by atoms with Crippen LogP contribution in [-0.4, -0.2) is 71.2 Å². The van der Waals surface area contributed by atoms with Crippen molar-refractivity contribution in [3.05, 3.63) is 11.3 Å². The minimum Gasteiger partial charge on any atom is -0.465 e. The summed E-state index contributed by atoms with van der Waals surface area (Å²) in [6.07, 6.45) is 4.92. The van der Waals surface area contributed by atoms with Crippen LogP contribution < -0.4 is 15.5 Å². The van der Waals surface area contributed by atoms with E-state index in [4.69, 9.17) is 9.97 Å². The van der Waals surface area contributed by atoms with Crippen LogP contribution in [-0.2, 0) is 17.6 Å². The van der Waals surface area contributed by atoms with Crippen molar-refractivity contribution in [2.24, 2.45) is 11.3 Å². The monoisotopic (exact) mass is 430 g/mol. The first-order chi connectivity index (χ1) is 14.8. The summed E-state index contributed by atoms with van der Waals surface area (Å²) < 4.78 is 0. The van der Waals surface area contributed by atoms with Crippen LogP contribution >= 0.6 is 0 Å². The lowest BCUT2D eigenvalue weighted by molar-refractivity contribution is -0.121. The van der Waals surface area contributed by atoms with Crippen LogP contribution in [0.25, 0.3) is 0 Å². The van der Waals surface area contributed by atoms with Gasteiger partial charge in [0.2, 0.25) is 11.9 Å². The Morgan fingerprint density at radius 3 is 2.58 bits per heavy atom. The number of hydrogen-bond donors (Lipinski definition) is 3. The number of nitrogens with one attached hydrogen (secondary N) is 2. The first-order valence-corrected chi connectivity index (χ1v) is 11.4. The number of amides is 2. The Morgan fingerprint density at radius 1 is 1.16 bits per heavy atom. The van der Waals surface area contributed by atoms with Crippen molar-refractivity contribution in [3.63, 3.8) is 0 Å². The van der Waals surface area contributed by atoms with Crippen LogP contribution in [0, 0.1) is 11.3 Å². The number of rotatable bonds is 6. The standard InChI is InChI=1S/C22H34N6O3/c1-14(2)10-17(19(29)23-3)24-18-15-6-4-5-7-16(15)25-20(26-18)27-9-8-22(11-27)12-28(13-22)21(30)31/h14,17H,4-13H2,1-3H3,(H,23,29)(H,30,31)(H,24,25,26). The van der Waals surface area contributed by atoms with E-state index in [1.807, 2.05) is 0 Å². The zero-order valence-electron chi connectivity index (χ0n) is 18.8. The maximum Gasteiger partial charge on any atom is 0.407 e. The lowest BCUT2D eigenvalue weighted by Gasteiger charge is -2.46. The number of carboxylic acid groups (broad SMARTS) is 1. The van der Waals surface area contributed by atoms with Crippen LogP contribution in [0.2, 0.25) is 0 Å². The molecule has 0 saturated carbocycles. The van der Waals surface area contributed by atoms with Crippen molar-refractivity contribution in [1.29, 1.82) is 0 Å². The third kappa shape index (κ3) is 4.41. The molecule has 2 aliphatic heterocycles. The van der Waals surface area contributed by atoms with E-state index >= 15 is 0 Å². The fourth-order valence-corrected chi connectivity index (χ4v) is 5.15. The van der Waals surface area contributed by atoms with E-state index < -0.39 is 6.09 Å². The summed E-state index contributed by atoms with van der Waals surface area (Å²) in [5.41, 5.74) is 2.25. The quantitative estimate of drug-likeness (QED) is 0.634. The Labute approximate surface area is 183 Å². The Morgan fingerprint density at radius 2 is 1.90 bits per heavy atom. The van der Waals surface area contributed by atoms with Gasteiger partial charge in [0.15, 0.2) is 0 Å². The minimum atomic E-state index is -0.842. The predicted octanol–water partition coefficient (Wildman–Crippen LogP) is 2.12. The molecule has 3 aliphatic rings. The summed E-state index contributed by atoms with van der Waals surface area (Å²) in [7, 11) is 1.67. The molecular weight excluding hydrogens is 396 g/mol. The van der Waals surface area contributed by atoms with Crippen molar-refractivity contribution in [1.82, 2.24) is 20.2 Å². The highest BCUT2D eigenvalue weighted by atomic mass is 16.4. The summed E-state index contributed by atoms with van der Waals surface area (Å²) in [6, 6.07) is -0.334. The average molecular weight is 431 g/mol. The molecule has 2 saturated heterocycles. The SMILES string of the molecule is CNC(=O)C(CC(C)C)Nc1nc(N2CCC3(CN(C(=O)O)C3)C2)nc2c1CCCC2. The number of nitrogens with zero attached hydrogens (tertiary/aromatic N) is 4. The maximum atomic E-state index is 12.5. The maximum absolute atomic E-state index is 12.5. The molecule has 9 heteroatoms. The number of aryl methyl sites for hydroxylation is 1. The molecule has 2 amide bonds. The molecule has 31 heavy (non-hydrogen) atoms. The van der Waals surface area contributed by atoms with Crippen molar-refractivity contribution >= 4 is 23.8 Å². The highest BCUT2D eigenvalue weighted by Gasteiger charge is 2.50. The van der Waals surface area contributed by atoms with E-state index in [1.54, 1.807) is 7.05 Å². The van der Waals surface area contributed by atoms with Gasteiger partial charge in [-0.15, -0.1) is 0 Å². The van der Waals surface area contributed by atoms with Gasteiger partial charge in [0.05, 0.1) is 5.69 Å². The summed E-state index contributed by atoms with van der Waals surface area (Å²) in [5, 5.41) is 15.4. The zero-order chi connectivity index (χ0) is 22.2. The molecule has 0 aromatic carbocycles. The summed E-state index contributed by atoms with van der Waals surface area (Å²) in [4.78, 5) is 37.2. The molecule has 1 atom stereocenters. The second kappa shape index (κ2) is 8.51. The lowest BCUT2D eigenvalue weighted by Crippen LogP contribution is -2.59. The molecule has 4 rings (SSSR count). The number of carbonyl (C=O) groups is 2. The topological polar surface area (TPSA) is 111 Å². The molecular formula is C22H34N6O3. The Hall–Kier alpha value is -2.58. The molecule has 0 radical (unpaired) electrons. The number of likely N-dealkylation sites (tertiary alicyclic amines) is 1. The normalized spacial score (nSPS) is 20.4.